The third-order valence-electron chi connectivity index (χ3n) is 5.51. The van der Waals surface area contributed by atoms with Crippen molar-refractivity contribution in [2.75, 3.05) is 18.4 Å². The lowest BCUT2D eigenvalue weighted by molar-refractivity contribution is -0.159. The van der Waals surface area contributed by atoms with Gasteiger partial charge in [0.15, 0.2) is 0 Å². The number of urea groups is 1. The number of nitrogens with one attached hydrogen (secondary N) is 1. The molecule has 1 aliphatic rings. The fraction of sp³-hybridized carbons (Fsp3) is 0.304. The van der Waals surface area contributed by atoms with Gasteiger partial charge in [0, 0.05) is 25.3 Å². The number of rotatable bonds is 3. The molecule has 0 atom stereocenters. The normalized spacial score (nSPS) is 14.2. The molecule has 0 radical (unpaired) electrons. The molecule has 4 rings (SSSR count). The summed E-state index contributed by atoms with van der Waals surface area (Å²) in [5, 5.41) is 17.4. The standard InChI is InChI=1S/C21H21F3N4O.C2H2O4/c22-21(23,24)16-4-3-5-17(12-16)26-20(29)27-10-8-15(9-11-27)13-28-14-25-18-6-1-2-7-19(18)28;3-1(4)2(5)6/h1-7,12,14-15H,8-11,13H2,(H,26,29);(H,3,4)(H,5,6). The first-order chi connectivity index (χ1) is 16.5. The Balaban J connectivity index is 0.000000509. The van der Waals surface area contributed by atoms with Crippen LogP contribution in [0.4, 0.5) is 23.7 Å². The number of aliphatic carboxylic acids is 2. The van der Waals surface area contributed by atoms with E-state index >= 15 is 0 Å². The molecule has 9 nitrogen and oxygen atoms in total. The zero-order valence-corrected chi connectivity index (χ0v) is 18.4. The highest BCUT2D eigenvalue weighted by molar-refractivity contribution is 6.27. The third-order valence-corrected chi connectivity index (χ3v) is 5.51. The van der Waals surface area contributed by atoms with Crippen LogP contribution < -0.4 is 5.32 Å². The summed E-state index contributed by atoms with van der Waals surface area (Å²) in [7, 11) is 0. The second kappa shape index (κ2) is 10.9. The predicted octanol–water partition coefficient (Wildman–Crippen LogP) is 4.15. The minimum Gasteiger partial charge on any atom is -0.473 e. The Kier molecular flexibility index (Phi) is 7.94. The summed E-state index contributed by atoms with van der Waals surface area (Å²) in [6.07, 6.45) is -0.918. The van der Waals surface area contributed by atoms with E-state index in [0.29, 0.717) is 19.0 Å². The van der Waals surface area contributed by atoms with Crippen molar-refractivity contribution in [1.82, 2.24) is 14.5 Å². The second-order valence-electron chi connectivity index (χ2n) is 7.94. The van der Waals surface area contributed by atoms with Crippen molar-refractivity contribution >= 4 is 34.7 Å². The number of aromatic nitrogens is 2. The first-order valence-electron chi connectivity index (χ1n) is 10.6. The first-order valence-corrected chi connectivity index (χ1v) is 10.6. The minimum absolute atomic E-state index is 0.150. The Hall–Kier alpha value is -4.09. The molecule has 12 heteroatoms. The van der Waals surface area contributed by atoms with E-state index in [4.69, 9.17) is 19.8 Å². The van der Waals surface area contributed by atoms with Gasteiger partial charge >= 0.3 is 24.1 Å². The number of carboxylic acids is 2. The Labute approximate surface area is 197 Å². The van der Waals surface area contributed by atoms with Crippen LogP contribution in [0.1, 0.15) is 18.4 Å². The van der Waals surface area contributed by atoms with E-state index < -0.39 is 23.7 Å². The molecule has 2 aromatic carbocycles. The predicted molar refractivity (Wildman–Crippen MR) is 120 cm³/mol. The van der Waals surface area contributed by atoms with E-state index in [-0.39, 0.29) is 11.7 Å². The molecule has 186 valence electrons. The molecule has 1 aromatic heterocycles. The van der Waals surface area contributed by atoms with Gasteiger partial charge in [-0.2, -0.15) is 13.2 Å². The molecule has 0 spiro atoms. The van der Waals surface area contributed by atoms with Crippen molar-refractivity contribution < 1.29 is 37.8 Å². The van der Waals surface area contributed by atoms with Crippen molar-refractivity contribution in [3.8, 4) is 0 Å². The fourth-order valence-corrected chi connectivity index (χ4v) is 3.73. The van der Waals surface area contributed by atoms with Gasteiger partial charge in [-0.3, -0.25) is 0 Å². The smallest absolute Gasteiger partial charge is 0.416 e. The number of nitrogens with zero attached hydrogens (tertiary/aromatic N) is 3. The van der Waals surface area contributed by atoms with E-state index in [1.54, 1.807) is 4.90 Å². The summed E-state index contributed by atoms with van der Waals surface area (Å²) in [4.78, 5) is 36.7. The molecule has 0 aliphatic carbocycles. The number of anilines is 1. The van der Waals surface area contributed by atoms with E-state index in [1.165, 1.54) is 12.1 Å². The lowest BCUT2D eigenvalue weighted by Crippen LogP contribution is -2.41. The molecular weight excluding hydrogens is 469 g/mol. The van der Waals surface area contributed by atoms with Gasteiger partial charge in [0.05, 0.1) is 22.9 Å². The summed E-state index contributed by atoms with van der Waals surface area (Å²) in [6.45, 7) is 1.98. The number of para-hydroxylation sites is 2. The molecule has 2 amide bonds. The summed E-state index contributed by atoms with van der Waals surface area (Å²) >= 11 is 0. The van der Waals surface area contributed by atoms with Crippen LogP contribution in [0.3, 0.4) is 0 Å². The highest BCUT2D eigenvalue weighted by Gasteiger charge is 2.31. The molecule has 1 fully saturated rings. The molecule has 2 heterocycles. The fourth-order valence-electron chi connectivity index (χ4n) is 3.73. The number of amides is 2. The van der Waals surface area contributed by atoms with Gasteiger partial charge in [-0.05, 0) is 49.1 Å². The summed E-state index contributed by atoms with van der Waals surface area (Å²) in [6, 6.07) is 12.3. The number of carbonyl (C=O) groups excluding carboxylic acids is 1. The maximum absolute atomic E-state index is 12.8. The van der Waals surface area contributed by atoms with Gasteiger partial charge in [0.1, 0.15) is 0 Å². The van der Waals surface area contributed by atoms with Crippen molar-refractivity contribution in [3.63, 3.8) is 0 Å². The first kappa shape index (κ1) is 25.5. The van der Waals surface area contributed by atoms with Crippen molar-refractivity contribution in [3.05, 3.63) is 60.4 Å². The molecule has 3 aromatic rings. The number of hydrogen-bond acceptors (Lipinski definition) is 4. The SMILES string of the molecule is O=C(Nc1cccc(C(F)(F)F)c1)N1CCC(Cn2cnc3ccccc32)CC1.O=C(O)C(=O)O. The number of benzene rings is 2. The quantitative estimate of drug-likeness (QED) is 0.472. The number of halogens is 3. The lowest BCUT2D eigenvalue weighted by Gasteiger charge is -2.32. The molecule has 1 saturated heterocycles. The summed E-state index contributed by atoms with van der Waals surface area (Å²) in [5.41, 5.74) is 1.43. The number of likely N-dealkylation sites (tertiary alicyclic amines) is 1. The summed E-state index contributed by atoms with van der Waals surface area (Å²) in [5.74, 6) is -3.23. The van der Waals surface area contributed by atoms with Crippen LogP contribution in [0.15, 0.2) is 54.9 Å². The Morgan fingerprint density at radius 2 is 1.66 bits per heavy atom. The monoisotopic (exact) mass is 492 g/mol. The van der Waals surface area contributed by atoms with E-state index in [0.717, 1.165) is 42.6 Å². The van der Waals surface area contributed by atoms with Crippen LogP contribution in [-0.2, 0) is 22.3 Å². The topological polar surface area (TPSA) is 125 Å². The number of alkyl halides is 3. The van der Waals surface area contributed by atoms with Gasteiger partial charge in [-0.1, -0.05) is 18.2 Å². The minimum atomic E-state index is -4.43. The molecule has 0 unspecified atom stereocenters. The number of carboxylic acid groups (broad SMARTS) is 2. The number of hydrogen-bond donors (Lipinski definition) is 3. The number of carbonyl (C=O) groups is 3. The van der Waals surface area contributed by atoms with E-state index in [9.17, 15) is 18.0 Å². The molecular formula is C23H23F3N4O5. The highest BCUT2D eigenvalue weighted by Crippen LogP contribution is 2.31. The third kappa shape index (κ3) is 6.95. The van der Waals surface area contributed by atoms with Crippen LogP contribution in [0.5, 0.6) is 0 Å². The molecule has 1 aliphatic heterocycles. The Bertz CT molecular complexity index is 1190. The van der Waals surface area contributed by atoms with Crippen LogP contribution >= 0.6 is 0 Å². The average Bonchev–Trinajstić information content (AvgIpc) is 3.22. The average molecular weight is 492 g/mol. The van der Waals surface area contributed by atoms with Crippen molar-refractivity contribution in [1.29, 1.82) is 0 Å². The molecule has 0 bridgehead atoms. The van der Waals surface area contributed by atoms with Gasteiger partial charge in [-0.15, -0.1) is 0 Å². The highest BCUT2D eigenvalue weighted by atomic mass is 19.4. The van der Waals surface area contributed by atoms with Gasteiger partial charge in [0.25, 0.3) is 0 Å². The Morgan fingerprint density at radius 3 is 2.29 bits per heavy atom. The molecule has 35 heavy (non-hydrogen) atoms. The number of piperidine rings is 1. The second-order valence-corrected chi connectivity index (χ2v) is 7.94. The van der Waals surface area contributed by atoms with Crippen LogP contribution in [-0.4, -0.2) is 55.7 Å². The zero-order chi connectivity index (χ0) is 25.6. The zero-order valence-electron chi connectivity index (χ0n) is 18.4. The largest absolute Gasteiger partial charge is 0.473 e. The van der Waals surface area contributed by atoms with E-state index in [1.807, 2.05) is 30.6 Å². The van der Waals surface area contributed by atoms with Gasteiger partial charge < -0.3 is 25.0 Å². The van der Waals surface area contributed by atoms with Crippen molar-refractivity contribution in [2.24, 2.45) is 5.92 Å². The Morgan fingerprint density at radius 1 is 1.00 bits per heavy atom. The van der Waals surface area contributed by atoms with Gasteiger partial charge in [-0.25, -0.2) is 19.4 Å². The lowest BCUT2D eigenvalue weighted by atomic mass is 9.97. The van der Waals surface area contributed by atoms with Crippen LogP contribution in [0, 0.1) is 5.92 Å². The van der Waals surface area contributed by atoms with Crippen LogP contribution in [0.2, 0.25) is 0 Å². The summed E-state index contributed by atoms with van der Waals surface area (Å²) < 4.78 is 40.6. The number of fused-ring (bicyclic) bond motifs is 1. The maximum atomic E-state index is 12.8. The van der Waals surface area contributed by atoms with Crippen molar-refractivity contribution in [2.45, 2.75) is 25.6 Å². The molecule has 0 saturated carbocycles. The van der Waals surface area contributed by atoms with E-state index in [2.05, 4.69) is 14.9 Å². The molecule has 3 N–H and O–H groups in total. The van der Waals surface area contributed by atoms with Gasteiger partial charge in [0.2, 0.25) is 0 Å². The number of imidazole rings is 1. The van der Waals surface area contributed by atoms with Crippen LogP contribution in [0.25, 0.3) is 11.0 Å². The maximum Gasteiger partial charge on any atom is 0.416 e.